The molecule has 0 radical (unpaired) electrons. The van der Waals surface area contributed by atoms with Crippen molar-refractivity contribution in [1.29, 1.82) is 0 Å². The highest BCUT2D eigenvalue weighted by Gasteiger charge is 2.31. The number of rotatable bonds is 4. The van der Waals surface area contributed by atoms with Gasteiger partial charge in [-0.25, -0.2) is 9.61 Å². The first-order valence-electron chi connectivity index (χ1n) is 8.15. The number of nitrogens with zero attached hydrogens (tertiary/aromatic N) is 4. The summed E-state index contributed by atoms with van der Waals surface area (Å²) in [6.07, 6.45) is -4.47. The fourth-order valence-electron chi connectivity index (χ4n) is 2.91. The molecule has 7 nitrogen and oxygen atoms in total. The third-order valence-corrected chi connectivity index (χ3v) is 4.30. The Labute approximate surface area is 156 Å². The molecule has 2 aromatic carbocycles. The number of fused-ring (bicyclic) bond motifs is 1. The van der Waals surface area contributed by atoms with Crippen molar-refractivity contribution < 1.29 is 22.5 Å². The quantitative estimate of drug-likeness (QED) is 0.572. The van der Waals surface area contributed by atoms with E-state index in [2.05, 4.69) is 19.9 Å². The number of halogens is 3. The number of ether oxygens (including phenoxy) is 1. The number of aromatic nitrogens is 4. The first-order chi connectivity index (χ1) is 13.4. The summed E-state index contributed by atoms with van der Waals surface area (Å²) in [5, 5.41) is 7.28. The monoisotopic (exact) mass is 389 g/mol. The zero-order chi connectivity index (χ0) is 19.9. The van der Waals surface area contributed by atoms with E-state index in [0.29, 0.717) is 17.8 Å². The van der Waals surface area contributed by atoms with Crippen LogP contribution in [0, 0.1) is 0 Å². The van der Waals surface area contributed by atoms with Crippen LogP contribution in [0.3, 0.4) is 0 Å². The SMILES string of the molecule is COc1ccc(Cn2c(-c3nonc3N)nc3cc(C(F)(F)F)ccc32)cc1. The molecule has 0 aliphatic rings. The van der Waals surface area contributed by atoms with Crippen LogP contribution in [-0.2, 0) is 12.7 Å². The molecule has 0 aliphatic heterocycles. The molecule has 0 saturated carbocycles. The number of nitrogens with two attached hydrogens (primary N) is 1. The molecule has 0 bridgehead atoms. The first-order valence-corrected chi connectivity index (χ1v) is 8.15. The highest BCUT2D eigenvalue weighted by Crippen LogP contribution is 2.33. The van der Waals surface area contributed by atoms with Gasteiger partial charge in [-0.05, 0) is 46.2 Å². The second-order valence-electron chi connectivity index (χ2n) is 6.07. The molecule has 4 aromatic rings. The maximum atomic E-state index is 13.1. The van der Waals surface area contributed by atoms with Crippen molar-refractivity contribution >= 4 is 16.9 Å². The maximum absolute atomic E-state index is 13.1. The van der Waals surface area contributed by atoms with Crippen molar-refractivity contribution in [2.24, 2.45) is 0 Å². The van der Waals surface area contributed by atoms with E-state index >= 15 is 0 Å². The summed E-state index contributed by atoms with van der Waals surface area (Å²) in [4.78, 5) is 4.32. The molecule has 4 rings (SSSR count). The minimum absolute atomic E-state index is 0.00216. The predicted molar refractivity (Wildman–Crippen MR) is 94.5 cm³/mol. The van der Waals surface area contributed by atoms with Crippen LogP contribution >= 0.6 is 0 Å². The van der Waals surface area contributed by atoms with Crippen LogP contribution in [0.25, 0.3) is 22.6 Å². The topological polar surface area (TPSA) is 92.0 Å². The summed E-state index contributed by atoms with van der Waals surface area (Å²) in [7, 11) is 1.56. The Balaban J connectivity index is 1.87. The van der Waals surface area contributed by atoms with Gasteiger partial charge in [0.2, 0.25) is 0 Å². The Morgan fingerprint density at radius 2 is 1.86 bits per heavy atom. The smallest absolute Gasteiger partial charge is 0.416 e. The molecule has 0 atom stereocenters. The predicted octanol–water partition coefficient (Wildman–Crippen LogP) is 3.74. The molecule has 144 valence electrons. The van der Waals surface area contributed by atoms with E-state index in [4.69, 9.17) is 10.5 Å². The van der Waals surface area contributed by atoms with Crippen LogP contribution in [0.5, 0.6) is 5.75 Å². The molecule has 10 heteroatoms. The third-order valence-electron chi connectivity index (χ3n) is 4.30. The number of methoxy groups -OCH3 is 1. The van der Waals surface area contributed by atoms with Gasteiger partial charge in [0.05, 0.1) is 23.7 Å². The molecular formula is C18H14F3N5O2. The van der Waals surface area contributed by atoms with E-state index in [1.807, 2.05) is 12.1 Å². The van der Waals surface area contributed by atoms with Crippen molar-refractivity contribution in [1.82, 2.24) is 19.9 Å². The summed E-state index contributed by atoms with van der Waals surface area (Å²) in [6, 6.07) is 10.7. The molecule has 0 aliphatic carbocycles. The van der Waals surface area contributed by atoms with Gasteiger partial charge in [-0.3, -0.25) is 0 Å². The normalized spacial score (nSPS) is 11.9. The van der Waals surface area contributed by atoms with Crippen molar-refractivity contribution in [3.8, 4) is 17.3 Å². The molecular weight excluding hydrogens is 375 g/mol. The molecule has 0 amide bonds. The largest absolute Gasteiger partial charge is 0.497 e. The number of anilines is 1. The average Bonchev–Trinajstić information content (AvgIpc) is 3.24. The second kappa shape index (κ2) is 6.55. The Bertz CT molecular complexity index is 1130. The highest BCUT2D eigenvalue weighted by molar-refractivity contribution is 5.82. The second-order valence-corrected chi connectivity index (χ2v) is 6.07. The summed E-state index contributed by atoms with van der Waals surface area (Å²) in [5.74, 6) is 0.963. The summed E-state index contributed by atoms with van der Waals surface area (Å²) < 4.78 is 50.7. The number of hydrogen-bond donors (Lipinski definition) is 1. The lowest BCUT2D eigenvalue weighted by atomic mass is 10.2. The van der Waals surface area contributed by atoms with E-state index in [1.165, 1.54) is 6.07 Å². The van der Waals surface area contributed by atoms with Crippen molar-refractivity contribution in [3.63, 3.8) is 0 Å². The van der Waals surface area contributed by atoms with Crippen molar-refractivity contribution in [3.05, 3.63) is 53.6 Å². The van der Waals surface area contributed by atoms with Gasteiger partial charge >= 0.3 is 6.18 Å². The number of hydrogen-bond acceptors (Lipinski definition) is 6. The van der Waals surface area contributed by atoms with Crippen LogP contribution in [0.15, 0.2) is 47.1 Å². The molecule has 0 spiro atoms. The van der Waals surface area contributed by atoms with Gasteiger partial charge < -0.3 is 15.0 Å². The summed E-state index contributed by atoms with van der Waals surface area (Å²) >= 11 is 0. The zero-order valence-corrected chi connectivity index (χ0v) is 14.6. The van der Waals surface area contributed by atoms with Crippen LogP contribution in [0.2, 0.25) is 0 Å². The van der Waals surface area contributed by atoms with Crippen LogP contribution in [0.4, 0.5) is 19.0 Å². The lowest BCUT2D eigenvalue weighted by Crippen LogP contribution is -2.05. The van der Waals surface area contributed by atoms with Gasteiger partial charge in [-0.2, -0.15) is 13.2 Å². The average molecular weight is 389 g/mol. The van der Waals surface area contributed by atoms with E-state index in [0.717, 1.165) is 17.7 Å². The lowest BCUT2D eigenvalue weighted by Gasteiger charge is -2.10. The Morgan fingerprint density at radius 3 is 2.46 bits per heavy atom. The lowest BCUT2D eigenvalue weighted by molar-refractivity contribution is -0.137. The minimum Gasteiger partial charge on any atom is -0.497 e. The molecule has 0 unspecified atom stereocenters. The Hall–Kier alpha value is -3.56. The molecule has 2 N–H and O–H groups in total. The van der Waals surface area contributed by atoms with E-state index in [1.54, 1.807) is 23.8 Å². The van der Waals surface area contributed by atoms with Gasteiger partial charge in [0.15, 0.2) is 17.3 Å². The summed E-state index contributed by atoms with van der Waals surface area (Å²) in [5.41, 5.74) is 6.71. The maximum Gasteiger partial charge on any atom is 0.416 e. The van der Waals surface area contributed by atoms with E-state index in [9.17, 15) is 13.2 Å². The standard InChI is InChI=1S/C18H14F3N5O2/c1-27-12-5-2-10(3-6-12)9-26-14-7-4-11(18(19,20)21)8-13(14)23-17(26)15-16(22)25-28-24-15/h2-8H,9H2,1H3,(H2,22,25). The van der Waals surface area contributed by atoms with Crippen LogP contribution < -0.4 is 10.5 Å². The molecule has 2 heterocycles. The van der Waals surface area contributed by atoms with Crippen LogP contribution in [0.1, 0.15) is 11.1 Å². The fraction of sp³-hybridized carbons (Fsp3) is 0.167. The first kappa shape index (κ1) is 17.8. The highest BCUT2D eigenvalue weighted by atomic mass is 19.4. The number of imidazole rings is 1. The van der Waals surface area contributed by atoms with Crippen molar-refractivity contribution in [2.75, 3.05) is 12.8 Å². The van der Waals surface area contributed by atoms with Crippen LogP contribution in [-0.4, -0.2) is 27.0 Å². The van der Waals surface area contributed by atoms with Gasteiger partial charge in [-0.15, -0.1) is 0 Å². The van der Waals surface area contributed by atoms with Gasteiger partial charge in [0.1, 0.15) is 5.75 Å². The minimum atomic E-state index is -4.47. The zero-order valence-electron chi connectivity index (χ0n) is 14.6. The summed E-state index contributed by atoms with van der Waals surface area (Å²) in [6.45, 7) is 0.327. The van der Waals surface area contributed by atoms with Gasteiger partial charge in [0.25, 0.3) is 0 Å². The third kappa shape index (κ3) is 3.13. The van der Waals surface area contributed by atoms with Gasteiger partial charge in [-0.1, -0.05) is 12.1 Å². The molecule has 2 aromatic heterocycles. The van der Waals surface area contributed by atoms with Crippen molar-refractivity contribution in [2.45, 2.75) is 12.7 Å². The number of alkyl halides is 3. The molecule has 0 saturated heterocycles. The fourth-order valence-corrected chi connectivity index (χ4v) is 2.91. The number of benzene rings is 2. The number of nitrogen functional groups attached to an aromatic ring is 1. The Morgan fingerprint density at radius 1 is 1.11 bits per heavy atom. The van der Waals surface area contributed by atoms with E-state index in [-0.39, 0.29) is 22.9 Å². The van der Waals surface area contributed by atoms with Gasteiger partial charge in [0, 0.05) is 6.54 Å². The molecule has 28 heavy (non-hydrogen) atoms. The molecule has 0 fully saturated rings. The van der Waals surface area contributed by atoms with E-state index < -0.39 is 11.7 Å². The Kier molecular flexibility index (Phi) is 4.17.